The molecule has 8 nitrogen and oxygen atoms in total. The van der Waals surface area contributed by atoms with Crippen molar-refractivity contribution in [1.29, 1.82) is 0 Å². The van der Waals surface area contributed by atoms with E-state index in [1.54, 1.807) is 0 Å². The van der Waals surface area contributed by atoms with E-state index in [9.17, 15) is 19.2 Å². The van der Waals surface area contributed by atoms with Crippen molar-refractivity contribution in [2.75, 3.05) is 12.3 Å². The molecule has 0 fully saturated rings. The highest BCUT2D eigenvalue weighted by Crippen LogP contribution is 1.87. The molecular formula is C9H15N3O5S. The number of nitrogens with one attached hydrogen (secondary N) is 3. The van der Waals surface area contributed by atoms with E-state index in [0.29, 0.717) is 5.75 Å². The first-order valence-electron chi connectivity index (χ1n) is 5.12. The summed E-state index contributed by atoms with van der Waals surface area (Å²) in [6.45, 7) is -0.334. The molecule has 0 spiro atoms. The van der Waals surface area contributed by atoms with Gasteiger partial charge in [-0.25, -0.2) is 0 Å². The number of carbonyl (C=O) groups is 4. The van der Waals surface area contributed by atoms with E-state index in [0.717, 1.165) is 0 Å². The van der Waals surface area contributed by atoms with Gasteiger partial charge in [-0.15, -0.1) is 0 Å². The summed E-state index contributed by atoms with van der Waals surface area (Å²) in [6, 6.07) is 0. The number of carboxylic acids is 1. The topological polar surface area (TPSA) is 125 Å². The van der Waals surface area contributed by atoms with Crippen molar-refractivity contribution in [2.45, 2.75) is 19.3 Å². The summed E-state index contributed by atoms with van der Waals surface area (Å²) in [5.41, 5.74) is 4.21. The Bertz CT molecular complexity index is 334. The summed E-state index contributed by atoms with van der Waals surface area (Å²) in [7, 11) is 0. The van der Waals surface area contributed by atoms with Crippen LogP contribution < -0.4 is 16.2 Å². The van der Waals surface area contributed by atoms with Gasteiger partial charge in [-0.3, -0.25) is 30.0 Å². The van der Waals surface area contributed by atoms with Crippen LogP contribution in [0, 0.1) is 0 Å². The molecule has 3 amide bonds. The second-order valence-corrected chi connectivity index (χ2v) is 3.69. The molecule has 0 aliphatic rings. The second-order valence-electron chi connectivity index (χ2n) is 3.24. The van der Waals surface area contributed by atoms with Crippen molar-refractivity contribution in [3.8, 4) is 0 Å². The minimum Gasteiger partial charge on any atom is -0.481 e. The normalized spacial score (nSPS) is 9.39. The standard InChI is InChI=1S/C9H15N3O5S/c13-6(1-2-9(16)17)10-5-8(15)12-11-7(14)3-4-18/h18H,1-5H2,(H,10,13)(H,11,14)(H,12,15)(H,16,17). The van der Waals surface area contributed by atoms with E-state index in [2.05, 4.69) is 28.8 Å². The smallest absolute Gasteiger partial charge is 0.303 e. The largest absolute Gasteiger partial charge is 0.481 e. The highest BCUT2D eigenvalue weighted by atomic mass is 32.1. The zero-order valence-corrected chi connectivity index (χ0v) is 10.5. The summed E-state index contributed by atoms with van der Waals surface area (Å²) in [5.74, 6) is -2.28. The summed E-state index contributed by atoms with van der Waals surface area (Å²) in [4.78, 5) is 43.3. The Balaban J connectivity index is 3.67. The number of thiol groups is 1. The molecule has 0 aromatic carbocycles. The Hall–Kier alpha value is -1.77. The van der Waals surface area contributed by atoms with Crippen molar-refractivity contribution in [3.05, 3.63) is 0 Å². The van der Waals surface area contributed by atoms with Crippen LogP contribution in [0.4, 0.5) is 0 Å². The lowest BCUT2D eigenvalue weighted by Crippen LogP contribution is -2.46. The average Bonchev–Trinajstić information content (AvgIpc) is 2.31. The third kappa shape index (κ3) is 9.46. The minimum absolute atomic E-state index is 0.161. The number of aliphatic carboxylic acids is 1. The van der Waals surface area contributed by atoms with Crippen LogP contribution in [0.3, 0.4) is 0 Å². The number of carbonyl (C=O) groups excluding carboxylic acids is 3. The molecule has 0 saturated carbocycles. The van der Waals surface area contributed by atoms with Gasteiger partial charge in [0.25, 0.3) is 5.91 Å². The van der Waals surface area contributed by atoms with Gasteiger partial charge in [0, 0.05) is 12.8 Å². The SMILES string of the molecule is O=C(O)CCC(=O)NCC(=O)NNC(=O)CCS. The van der Waals surface area contributed by atoms with Crippen LogP contribution in [0.15, 0.2) is 0 Å². The fourth-order valence-electron chi connectivity index (χ4n) is 0.835. The van der Waals surface area contributed by atoms with E-state index in [1.165, 1.54) is 0 Å². The average molecular weight is 277 g/mol. The maximum atomic E-state index is 11.1. The van der Waals surface area contributed by atoms with E-state index >= 15 is 0 Å². The highest BCUT2D eigenvalue weighted by molar-refractivity contribution is 7.80. The van der Waals surface area contributed by atoms with Crippen LogP contribution in [0.2, 0.25) is 0 Å². The molecule has 0 aliphatic heterocycles. The molecule has 102 valence electrons. The van der Waals surface area contributed by atoms with Gasteiger partial charge >= 0.3 is 5.97 Å². The lowest BCUT2D eigenvalue weighted by atomic mass is 10.3. The second kappa shape index (κ2) is 9.28. The lowest BCUT2D eigenvalue weighted by Gasteiger charge is -2.07. The zero-order valence-electron chi connectivity index (χ0n) is 9.56. The van der Waals surface area contributed by atoms with Crippen molar-refractivity contribution < 1.29 is 24.3 Å². The van der Waals surface area contributed by atoms with Crippen LogP contribution in [-0.2, 0) is 19.2 Å². The monoisotopic (exact) mass is 277 g/mol. The Morgan fingerprint density at radius 3 is 2.06 bits per heavy atom. The highest BCUT2D eigenvalue weighted by Gasteiger charge is 2.08. The summed E-state index contributed by atoms with van der Waals surface area (Å²) in [5, 5.41) is 10.5. The Kier molecular flexibility index (Phi) is 8.37. The van der Waals surface area contributed by atoms with E-state index < -0.39 is 23.7 Å². The van der Waals surface area contributed by atoms with Crippen LogP contribution in [-0.4, -0.2) is 41.1 Å². The van der Waals surface area contributed by atoms with E-state index in [4.69, 9.17) is 5.11 Å². The summed E-state index contributed by atoms with van der Waals surface area (Å²) >= 11 is 3.83. The van der Waals surface area contributed by atoms with Gasteiger partial charge in [0.1, 0.15) is 0 Å². The first kappa shape index (κ1) is 16.2. The molecule has 9 heteroatoms. The Labute approximate surface area is 109 Å². The molecular weight excluding hydrogens is 262 g/mol. The van der Waals surface area contributed by atoms with Crippen molar-refractivity contribution in [2.24, 2.45) is 0 Å². The Morgan fingerprint density at radius 1 is 0.889 bits per heavy atom. The van der Waals surface area contributed by atoms with Gasteiger partial charge in [-0.1, -0.05) is 0 Å². The molecule has 0 unspecified atom stereocenters. The summed E-state index contributed by atoms with van der Waals surface area (Å²) in [6.07, 6.45) is -0.338. The first-order chi connectivity index (χ1) is 8.45. The lowest BCUT2D eigenvalue weighted by molar-refractivity contribution is -0.139. The van der Waals surface area contributed by atoms with Gasteiger partial charge in [0.15, 0.2) is 0 Å². The van der Waals surface area contributed by atoms with Gasteiger partial charge in [0.2, 0.25) is 11.8 Å². The minimum atomic E-state index is -1.09. The predicted octanol–water partition coefficient (Wildman–Crippen LogP) is -1.57. The molecule has 0 aromatic rings. The molecule has 0 atom stereocenters. The number of carboxylic acid groups (broad SMARTS) is 1. The van der Waals surface area contributed by atoms with Crippen LogP contribution in [0.25, 0.3) is 0 Å². The van der Waals surface area contributed by atoms with Crippen LogP contribution in [0.5, 0.6) is 0 Å². The van der Waals surface area contributed by atoms with Crippen molar-refractivity contribution >= 4 is 36.3 Å². The van der Waals surface area contributed by atoms with Crippen molar-refractivity contribution in [3.63, 3.8) is 0 Å². The van der Waals surface area contributed by atoms with E-state index in [-0.39, 0.29) is 25.8 Å². The van der Waals surface area contributed by atoms with Gasteiger partial charge in [0.05, 0.1) is 13.0 Å². The number of hydrazine groups is 1. The van der Waals surface area contributed by atoms with Gasteiger partial charge < -0.3 is 10.4 Å². The third-order valence-electron chi connectivity index (χ3n) is 1.69. The van der Waals surface area contributed by atoms with Crippen molar-refractivity contribution in [1.82, 2.24) is 16.2 Å². The summed E-state index contributed by atoms with van der Waals surface area (Å²) < 4.78 is 0. The van der Waals surface area contributed by atoms with E-state index in [1.807, 2.05) is 0 Å². The fraction of sp³-hybridized carbons (Fsp3) is 0.556. The molecule has 0 bridgehead atoms. The maximum absolute atomic E-state index is 11.1. The number of amides is 3. The molecule has 0 radical (unpaired) electrons. The molecule has 18 heavy (non-hydrogen) atoms. The molecule has 4 N–H and O–H groups in total. The predicted molar refractivity (Wildman–Crippen MR) is 64.6 cm³/mol. The first-order valence-corrected chi connectivity index (χ1v) is 5.76. The van der Waals surface area contributed by atoms with Crippen LogP contribution >= 0.6 is 12.6 Å². The number of rotatable bonds is 7. The quantitative estimate of drug-likeness (QED) is 0.284. The maximum Gasteiger partial charge on any atom is 0.303 e. The molecule has 0 aromatic heterocycles. The molecule has 0 rings (SSSR count). The van der Waals surface area contributed by atoms with Crippen LogP contribution in [0.1, 0.15) is 19.3 Å². The molecule has 0 heterocycles. The fourth-order valence-corrected chi connectivity index (χ4v) is 1.04. The van der Waals surface area contributed by atoms with Gasteiger partial charge in [-0.2, -0.15) is 12.6 Å². The third-order valence-corrected chi connectivity index (χ3v) is 1.92. The molecule has 0 aliphatic carbocycles. The Morgan fingerprint density at radius 2 is 1.50 bits per heavy atom. The van der Waals surface area contributed by atoms with Gasteiger partial charge in [-0.05, 0) is 5.75 Å². The zero-order chi connectivity index (χ0) is 14.0. The molecule has 0 saturated heterocycles. The number of hydrogen-bond donors (Lipinski definition) is 5. The number of hydrogen-bond acceptors (Lipinski definition) is 5.